The lowest BCUT2D eigenvalue weighted by molar-refractivity contribution is -0.133. The molecule has 0 amide bonds. The summed E-state index contributed by atoms with van der Waals surface area (Å²) in [5, 5.41) is 20.7. The molecule has 0 radical (unpaired) electrons. The van der Waals surface area contributed by atoms with Crippen LogP contribution in [-0.2, 0) is 11.8 Å². The van der Waals surface area contributed by atoms with Crippen LogP contribution in [0.25, 0.3) is 10.7 Å². The van der Waals surface area contributed by atoms with E-state index in [1.54, 1.807) is 17.8 Å². The van der Waals surface area contributed by atoms with Gasteiger partial charge >= 0.3 is 5.97 Å². The molecule has 0 aromatic carbocycles. The monoisotopic (exact) mass is 257 g/mol. The van der Waals surface area contributed by atoms with Crippen molar-refractivity contribution in [2.75, 3.05) is 5.75 Å². The molecule has 0 aliphatic carbocycles. The van der Waals surface area contributed by atoms with Crippen LogP contribution in [0.3, 0.4) is 0 Å². The van der Waals surface area contributed by atoms with Gasteiger partial charge in [0.2, 0.25) is 0 Å². The van der Waals surface area contributed by atoms with Gasteiger partial charge in [0.1, 0.15) is 4.88 Å². The predicted molar refractivity (Wildman–Crippen MR) is 58.3 cm³/mol. The van der Waals surface area contributed by atoms with Crippen LogP contribution in [0, 0.1) is 0 Å². The van der Waals surface area contributed by atoms with Crippen molar-refractivity contribution in [3.05, 3.63) is 6.20 Å². The van der Waals surface area contributed by atoms with Gasteiger partial charge in [0.15, 0.2) is 11.0 Å². The van der Waals surface area contributed by atoms with Crippen molar-refractivity contribution in [1.82, 2.24) is 24.4 Å². The molecule has 0 saturated carbocycles. The zero-order valence-corrected chi connectivity index (χ0v) is 9.83. The van der Waals surface area contributed by atoms with E-state index in [0.717, 1.165) is 16.6 Å². The SMILES string of the molecule is Cn1c(SCC(=O)O)nnc1-c1cnns1. The van der Waals surface area contributed by atoms with Gasteiger partial charge in [0.05, 0.1) is 11.9 Å². The zero-order chi connectivity index (χ0) is 11.5. The second kappa shape index (κ2) is 4.58. The van der Waals surface area contributed by atoms with E-state index in [4.69, 9.17) is 5.11 Å². The second-order valence-corrected chi connectivity index (χ2v) is 4.56. The van der Waals surface area contributed by atoms with Crippen LogP contribution in [0.15, 0.2) is 11.4 Å². The Labute approximate surface area is 98.7 Å². The quantitative estimate of drug-likeness (QED) is 0.797. The minimum atomic E-state index is -0.881. The van der Waals surface area contributed by atoms with Crippen molar-refractivity contribution in [3.63, 3.8) is 0 Å². The molecular formula is C7H7N5O2S2. The first kappa shape index (κ1) is 11.0. The smallest absolute Gasteiger partial charge is 0.313 e. The third-order valence-corrected chi connectivity index (χ3v) is 3.41. The summed E-state index contributed by atoms with van der Waals surface area (Å²) in [5.41, 5.74) is 0. The number of carbonyl (C=O) groups is 1. The van der Waals surface area contributed by atoms with Gasteiger partial charge in [-0.15, -0.1) is 15.3 Å². The van der Waals surface area contributed by atoms with E-state index in [2.05, 4.69) is 19.8 Å². The second-order valence-electron chi connectivity index (χ2n) is 2.83. The molecule has 2 aromatic heterocycles. The fourth-order valence-electron chi connectivity index (χ4n) is 1.05. The van der Waals surface area contributed by atoms with Crippen molar-refractivity contribution in [2.24, 2.45) is 7.05 Å². The van der Waals surface area contributed by atoms with Crippen LogP contribution in [-0.4, -0.2) is 41.2 Å². The Balaban J connectivity index is 2.21. The van der Waals surface area contributed by atoms with E-state index >= 15 is 0 Å². The number of carboxylic acids is 1. The van der Waals surface area contributed by atoms with E-state index in [0.29, 0.717) is 11.0 Å². The highest BCUT2D eigenvalue weighted by molar-refractivity contribution is 7.99. The molecule has 9 heteroatoms. The molecule has 0 unspecified atom stereocenters. The Morgan fingerprint density at radius 3 is 3.06 bits per heavy atom. The Morgan fingerprint density at radius 1 is 1.62 bits per heavy atom. The minimum absolute atomic E-state index is 0.0348. The molecule has 0 saturated heterocycles. The van der Waals surface area contributed by atoms with E-state index in [9.17, 15) is 4.79 Å². The number of aromatic nitrogens is 5. The lowest BCUT2D eigenvalue weighted by atomic mass is 10.5. The lowest BCUT2D eigenvalue weighted by Gasteiger charge is -1.99. The highest BCUT2D eigenvalue weighted by atomic mass is 32.2. The number of aliphatic carboxylic acids is 1. The summed E-state index contributed by atoms with van der Waals surface area (Å²) in [6, 6.07) is 0. The van der Waals surface area contributed by atoms with Gasteiger partial charge in [-0.3, -0.25) is 4.79 Å². The van der Waals surface area contributed by atoms with Crippen molar-refractivity contribution in [1.29, 1.82) is 0 Å². The van der Waals surface area contributed by atoms with Crippen LogP contribution < -0.4 is 0 Å². The summed E-state index contributed by atoms with van der Waals surface area (Å²) < 4.78 is 5.46. The normalized spacial score (nSPS) is 10.6. The third kappa shape index (κ3) is 2.19. The summed E-state index contributed by atoms with van der Waals surface area (Å²) >= 11 is 2.34. The molecule has 0 atom stereocenters. The molecule has 0 aliphatic heterocycles. The average molecular weight is 257 g/mol. The highest BCUT2D eigenvalue weighted by Gasteiger charge is 2.13. The summed E-state index contributed by atoms with van der Waals surface area (Å²) in [7, 11) is 1.78. The molecule has 16 heavy (non-hydrogen) atoms. The number of thioether (sulfide) groups is 1. The maximum absolute atomic E-state index is 10.4. The summed E-state index contributed by atoms with van der Waals surface area (Å²) in [6.07, 6.45) is 1.60. The van der Waals surface area contributed by atoms with Crippen molar-refractivity contribution < 1.29 is 9.90 Å². The number of carboxylic acid groups (broad SMARTS) is 1. The van der Waals surface area contributed by atoms with Gasteiger partial charge < -0.3 is 9.67 Å². The molecule has 1 N–H and O–H groups in total. The van der Waals surface area contributed by atoms with E-state index in [1.165, 1.54) is 11.5 Å². The number of hydrogen-bond donors (Lipinski definition) is 1. The van der Waals surface area contributed by atoms with Gasteiger partial charge in [-0.1, -0.05) is 16.3 Å². The van der Waals surface area contributed by atoms with E-state index in [-0.39, 0.29) is 5.75 Å². The molecule has 2 heterocycles. The minimum Gasteiger partial charge on any atom is -0.481 e. The maximum atomic E-state index is 10.4. The first-order valence-electron chi connectivity index (χ1n) is 4.20. The first-order valence-corrected chi connectivity index (χ1v) is 5.96. The van der Waals surface area contributed by atoms with Crippen LogP contribution in [0.4, 0.5) is 0 Å². The van der Waals surface area contributed by atoms with Crippen LogP contribution in [0.2, 0.25) is 0 Å². The number of hydrogen-bond acceptors (Lipinski definition) is 7. The van der Waals surface area contributed by atoms with Crippen molar-refractivity contribution in [3.8, 4) is 10.7 Å². The van der Waals surface area contributed by atoms with Gasteiger partial charge in [-0.2, -0.15) is 0 Å². The van der Waals surface area contributed by atoms with Crippen LogP contribution in [0.5, 0.6) is 0 Å². The van der Waals surface area contributed by atoms with Gasteiger partial charge in [0.25, 0.3) is 0 Å². The fraction of sp³-hybridized carbons (Fsp3) is 0.286. The van der Waals surface area contributed by atoms with Gasteiger partial charge in [-0.25, -0.2) is 0 Å². The average Bonchev–Trinajstić information content (AvgIpc) is 2.84. The Kier molecular flexibility index (Phi) is 3.15. The summed E-state index contributed by atoms with van der Waals surface area (Å²) in [6.45, 7) is 0. The third-order valence-electron chi connectivity index (χ3n) is 1.74. The summed E-state index contributed by atoms with van der Waals surface area (Å²) in [5.74, 6) is -0.274. The molecule has 0 fully saturated rings. The number of rotatable bonds is 4. The van der Waals surface area contributed by atoms with Crippen LogP contribution in [0.1, 0.15) is 0 Å². The highest BCUT2D eigenvalue weighted by Crippen LogP contribution is 2.23. The molecule has 2 rings (SSSR count). The van der Waals surface area contributed by atoms with Crippen molar-refractivity contribution in [2.45, 2.75) is 5.16 Å². The predicted octanol–water partition coefficient (Wildman–Crippen LogP) is 0.510. The summed E-state index contributed by atoms with van der Waals surface area (Å²) in [4.78, 5) is 11.2. The molecule has 2 aromatic rings. The van der Waals surface area contributed by atoms with Gasteiger partial charge in [-0.05, 0) is 11.5 Å². The molecule has 84 valence electrons. The Bertz CT molecular complexity index is 495. The Hall–Kier alpha value is -1.48. The van der Waals surface area contributed by atoms with Crippen molar-refractivity contribution >= 4 is 29.3 Å². The van der Waals surface area contributed by atoms with E-state index < -0.39 is 5.97 Å². The molecule has 7 nitrogen and oxygen atoms in total. The molecular weight excluding hydrogens is 250 g/mol. The van der Waals surface area contributed by atoms with E-state index in [1.807, 2.05) is 0 Å². The lowest BCUT2D eigenvalue weighted by Crippen LogP contribution is -2.00. The Morgan fingerprint density at radius 2 is 2.44 bits per heavy atom. The first-order chi connectivity index (χ1) is 7.68. The topological polar surface area (TPSA) is 93.8 Å². The zero-order valence-electron chi connectivity index (χ0n) is 8.19. The molecule has 0 bridgehead atoms. The standard InChI is InChI=1S/C7H7N5O2S2/c1-12-6(4-2-8-11-16-4)9-10-7(12)15-3-5(13)14/h2H,3H2,1H3,(H,13,14). The van der Waals surface area contributed by atoms with Crippen LogP contribution >= 0.6 is 23.3 Å². The van der Waals surface area contributed by atoms with Gasteiger partial charge in [0, 0.05) is 7.05 Å². The fourth-order valence-corrected chi connectivity index (χ4v) is 2.21. The largest absolute Gasteiger partial charge is 0.481 e. The molecule has 0 spiro atoms. The molecule has 0 aliphatic rings. The maximum Gasteiger partial charge on any atom is 0.313 e. The number of nitrogens with zero attached hydrogens (tertiary/aromatic N) is 5.